The summed E-state index contributed by atoms with van der Waals surface area (Å²) in [6.07, 6.45) is 2.57. The van der Waals surface area contributed by atoms with Crippen LogP contribution >= 0.6 is 0 Å². The second kappa shape index (κ2) is 8.87. The molecule has 0 atom stereocenters. The van der Waals surface area contributed by atoms with Gasteiger partial charge in [0.05, 0.1) is 7.11 Å². The van der Waals surface area contributed by atoms with Gasteiger partial charge in [0.15, 0.2) is 0 Å². The highest BCUT2D eigenvalue weighted by atomic mass is 19.3. The molecular formula is C16H19F2NO4. The summed E-state index contributed by atoms with van der Waals surface area (Å²) >= 11 is 0. The monoisotopic (exact) mass is 327 g/mol. The number of nitrogens with zero attached hydrogens (tertiary/aromatic N) is 1. The number of hydrogen-bond acceptors (Lipinski definition) is 4. The molecule has 0 radical (unpaired) electrons. The number of carbonyl (C=O) groups excluding carboxylic acids is 2. The Labute approximate surface area is 133 Å². The third-order valence-electron chi connectivity index (χ3n) is 2.97. The Morgan fingerprint density at radius 1 is 1.26 bits per heavy atom. The van der Waals surface area contributed by atoms with Gasteiger partial charge in [-0.2, -0.15) is 8.78 Å². The van der Waals surface area contributed by atoms with Gasteiger partial charge in [-0.15, -0.1) is 0 Å². The van der Waals surface area contributed by atoms with E-state index in [1.165, 1.54) is 30.2 Å². The lowest BCUT2D eigenvalue weighted by atomic mass is 10.2. The average Bonchev–Trinajstić information content (AvgIpc) is 2.50. The van der Waals surface area contributed by atoms with Crippen molar-refractivity contribution in [2.24, 2.45) is 0 Å². The molecule has 0 unspecified atom stereocenters. The van der Waals surface area contributed by atoms with Gasteiger partial charge in [0.2, 0.25) is 5.91 Å². The van der Waals surface area contributed by atoms with E-state index in [-0.39, 0.29) is 18.3 Å². The number of ether oxygens (including phenoxy) is 2. The van der Waals surface area contributed by atoms with Gasteiger partial charge >= 0.3 is 12.6 Å². The highest BCUT2D eigenvalue weighted by Gasteiger charge is 2.18. The fourth-order valence-corrected chi connectivity index (χ4v) is 1.80. The van der Waals surface area contributed by atoms with E-state index in [1.54, 1.807) is 32.0 Å². The van der Waals surface area contributed by atoms with Crippen LogP contribution in [0.3, 0.4) is 0 Å². The standard InChI is InChI=1S/C16H19F2NO4/c1-11(2)19(10-15(21)22-3)14(20)9-8-12-6-4-5-7-13(12)23-16(17)18/h4-9,11,16H,10H2,1-3H3/b9-8+. The first-order chi connectivity index (χ1) is 10.8. The molecule has 0 N–H and O–H groups in total. The summed E-state index contributed by atoms with van der Waals surface area (Å²) in [5, 5.41) is 0. The largest absolute Gasteiger partial charge is 0.468 e. The molecule has 1 aromatic rings. The van der Waals surface area contributed by atoms with Crippen molar-refractivity contribution in [3.05, 3.63) is 35.9 Å². The molecule has 0 spiro atoms. The Morgan fingerprint density at radius 3 is 2.48 bits per heavy atom. The van der Waals surface area contributed by atoms with Crippen molar-refractivity contribution in [1.82, 2.24) is 4.90 Å². The lowest BCUT2D eigenvalue weighted by molar-refractivity contribution is -0.146. The first-order valence-electron chi connectivity index (χ1n) is 6.94. The van der Waals surface area contributed by atoms with E-state index in [4.69, 9.17) is 0 Å². The zero-order chi connectivity index (χ0) is 17.4. The molecule has 0 aliphatic heterocycles. The quantitative estimate of drug-likeness (QED) is 0.571. The predicted octanol–water partition coefficient (Wildman–Crippen LogP) is 2.71. The maximum absolute atomic E-state index is 12.3. The van der Waals surface area contributed by atoms with Gasteiger partial charge in [0.1, 0.15) is 12.3 Å². The first-order valence-corrected chi connectivity index (χ1v) is 6.94. The van der Waals surface area contributed by atoms with Crippen LogP contribution in [0.2, 0.25) is 0 Å². The van der Waals surface area contributed by atoms with Gasteiger partial charge < -0.3 is 14.4 Å². The summed E-state index contributed by atoms with van der Waals surface area (Å²) in [6, 6.07) is 5.89. The van der Waals surface area contributed by atoms with Crippen LogP contribution in [-0.4, -0.2) is 43.1 Å². The third-order valence-corrected chi connectivity index (χ3v) is 2.97. The number of amides is 1. The number of para-hydroxylation sites is 1. The van der Waals surface area contributed by atoms with Crippen molar-refractivity contribution in [1.29, 1.82) is 0 Å². The zero-order valence-electron chi connectivity index (χ0n) is 13.2. The Bertz CT molecular complexity index is 573. The Balaban J connectivity index is 2.90. The normalized spacial score (nSPS) is 11.1. The molecule has 126 valence electrons. The molecule has 7 heteroatoms. The number of benzene rings is 1. The minimum atomic E-state index is -2.95. The summed E-state index contributed by atoms with van der Waals surface area (Å²) < 4.78 is 33.6. The number of esters is 1. The molecule has 23 heavy (non-hydrogen) atoms. The van der Waals surface area contributed by atoms with Gasteiger partial charge in [0.25, 0.3) is 0 Å². The third kappa shape index (κ3) is 6.06. The van der Waals surface area contributed by atoms with Crippen molar-refractivity contribution in [2.75, 3.05) is 13.7 Å². The van der Waals surface area contributed by atoms with Crippen molar-refractivity contribution in [2.45, 2.75) is 26.5 Å². The van der Waals surface area contributed by atoms with E-state index >= 15 is 0 Å². The molecule has 0 aliphatic carbocycles. The van der Waals surface area contributed by atoms with Gasteiger partial charge in [-0.05, 0) is 26.0 Å². The van der Waals surface area contributed by atoms with Crippen LogP contribution < -0.4 is 4.74 Å². The molecule has 0 saturated heterocycles. The maximum Gasteiger partial charge on any atom is 0.387 e. The summed E-state index contributed by atoms with van der Waals surface area (Å²) in [7, 11) is 1.24. The van der Waals surface area contributed by atoms with E-state index < -0.39 is 18.5 Å². The summed E-state index contributed by atoms with van der Waals surface area (Å²) in [5.41, 5.74) is 0.336. The van der Waals surface area contributed by atoms with Gasteiger partial charge in [-0.1, -0.05) is 18.2 Å². The molecule has 1 amide bonds. The molecule has 0 heterocycles. The SMILES string of the molecule is COC(=O)CN(C(=O)/C=C/c1ccccc1OC(F)F)C(C)C. The maximum atomic E-state index is 12.3. The summed E-state index contributed by atoms with van der Waals surface area (Å²) in [4.78, 5) is 24.8. The summed E-state index contributed by atoms with van der Waals surface area (Å²) in [5.74, 6) is -1.00. The molecule has 0 fully saturated rings. The Hall–Kier alpha value is -2.44. The molecule has 1 rings (SSSR count). The lowest BCUT2D eigenvalue weighted by Crippen LogP contribution is -2.40. The highest BCUT2D eigenvalue weighted by molar-refractivity contribution is 5.94. The van der Waals surface area contributed by atoms with E-state index in [2.05, 4.69) is 9.47 Å². The first kappa shape index (κ1) is 18.6. The van der Waals surface area contributed by atoms with Gasteiger partial charge in [-0.25, -0.2) is 0 Å². The highest BCUT2D eigenvalue weighted by Crippen LogP contribution is 2.21. The average molecular weight is 327 g/mol. The molecule has 0 saturated carbocycles. The molecule has 1 aromatic carbocycles. The van der Waals surface area contributed by atoms with Crippen LogP contribution in [0.15, 0.2) is 30.3 Å². The van der Waals surface area contributed by atoms with Crippen molar-refractivity contribution < 1.29 is 27.8 Å². The van der Waals surface area contributed by atoms with Crippen LogP contribution in [0.1, 0.15) is 19.4 Å². The van der Waals surface area contributed by atoms with Crippen molar-refractivity contribution >= 4 is 18.0 Å². The fraction of sp³-hybridized carbons (Fsp3) is 0.375. The van der Waals surface area contributed by atoms with E-state index in [1.807, 2.05) is 0 Å². The van der Waals surface area contributed by atoms with E-state index in [0.717, 1.165) is 0 Å². The zero-order valence-corrected chi connectivity index (χ0v) is 13.2. The lowest BCUT2D eigenvalue weighted by Gasteiger charge is -2.24. The van der Waals surface area contributed by atoms with Crippen molar-refractivity contribution in [3.8, 4) is 5.75 Å². The molecular weight excluding hydrogens is 308 g/mol. The predicted molar refractivity (Wildman–Crippen MR) is 81.0 cm³/mol. The van der Waals surface area contributed by atoms with Crippen molar-refractivity contribution in [3.63, 3.8) is 0 Å². The Morgan fingerprint density at radius 2 is 1.91 bits per heavy atom. The van der Waals surface area contributed by atoms with Crippen LogP contribution in [0.25, 0.3) is 6.08 Å². The minimum Gasteiger partial charge on any atom is -0.468 e. The number of hydrogen-bond donors (Lipinski definition) is 0. The number of carbonyl (C=O) groups is 2. The number of alkyl halides is 2. The fourth-order valence-electron chi connectivity index (χ4n) is 1.80. The Kier molecular flexibility index (Phi) is 7.18. The van der Waals surface area contributed by atoms with Gasteiger partial charge in [-0.3, -0.25) is 9.59 Å². The number of rotatable bonds is 7. The van der Waals surface area contributed by atoms with Crippen LogP contribution in [0.5, 0.6) is 5.75 Å². The van der Waals surface area contributed by atoms with E-state index in [0.29, 0.717) is 5.56 Å². The minimum absolute atomic E-state index is 0.0318. The second-order valence-electron chi connectivity index (χ2n) is 4.89. The van der Waals surface area contributed by atoms with Gasteiger partial charge in [0, 0.05) is 17.7 Å². The van der Waals surface area contributed by atoms with Crippen LogP contribution in [-0.2, 0) is 14.3 Å². The molecule has 5 nitrogen and oxygen atoms in total. The molecule has 0 bridgehead atoms. The summed E-state index contributed by atoms with van der Waals surface area (Å²) in [6.45, 7) is 0.365. The molecule has 0 aromatic heterocycles. The topological polar surface area (TPSA) is 55.8 Å². The van der Waals surface area contributed by atoms with Crippen LogP contribution in [0.4, 0.5) is 8.78 Å². The van der Waals surface area contributed by atoms with E-state index in [9.17, 15) is 18.4 Å². The number of halogens is 2. The second-order valence-corrected chi connectivity index (χ2v) is 4.89. The van der Waals surface area contributed by atoms with Crippen LogP contribution in [0, 0.1) is 0 Å². The number of methoxy groups -OCH3 is 1. The smallest absolute Gasteiger partial charge is 0.387 e. The molecule has 0 aliphatic rings.